The van der Waals surface area contributed by atoms with Crippen LogP contribution in [0.5, 0.6) is 11.5 Å². The Balaban J connectivity index is 1.01. The van der Waals surface area contributed by atoms with Crippen LogP contribution in [0.15, 0.2) is 58.5 Å². The van der Waals surface area contributed by atoms with Gasteiger partial charge in [-0.1, -0.05) is 25.0 Å². The fourth-order valence-electron chi connectivity index (χ4n) is 8.86. The molecule has 1 amide bonds. The highest BCUT2D eigenvalue weighted by Crippen LogP contribution is 2.55. The molecule has 0 N–H and O–H groups in total. The molecule has 2 saturated carbocycles. The van der Waals surface area contributed by atoms with E-state index in [2.05, 4.69) is 48.5 Å². The minimum Gasteiger partial charge on any atom is -0.448 e. The van der Waals surface area contributed by atoms with Crippen molar-refractivity contribution in [3.8, 4) is 33.8 Å². The van der Waals surface area contributed by atoms with Crippen molar-refractivity contribution in [3.63, 3.8) is 0 Å². The molecule has 9 rings (SSSR count). The van der Waals surface area contributed by atoms with E-state index in [1.54, 1.807) is 0 Å². The summed E-state index contributed by atoms with van der Waals surface area (Å²) in [4.78, 5) is 25.0. The lowest BCUT2D eigenvalue weighted by Crippen LogP contribution is -2.43. The third-order valence-corrected chi connectivity index (χ3v) is 11.2. The second kappa shape index (κ2) is 11.2. The number of rotatable bonds is 4. The van der Waals surface area contributed by atoms with Crippen LogP contribution < -0.4 is 9.47 Å². The first kappa shape index (κ1) is 30.0. The van der Waals surface area contributed by atoms with Gasteiger partial charge < -0.3 is 14.2 Å². The first-order chi connectivity index (χ1) is 23.2. The summed E-state index contributed by atoms with van der Waals surface area (Å²) in [5.74, 6) is 1.78. The van der Waals surface area contributed by atoms with Gasteiger partial charge in [-0.25, -0.2) is 4.79 Å². The van der Waals surface area contributed by atoms with Gasteiger partial charge in [0.05, 0.1) is 17.4 Å². The SMILES string of the molecule is CC(C)(C)OC(=O)N1CCC[C@H]1C1=Nc2ccc(-c3ccc(-c4ccc5c(c4)CC(C4CCCC4)=N5)c4c3OC3(CCCC3)O4)cc2C1. The van der Waals surface area contributed by atoms with E-state index in [-0.39, 0.29) is 12.1 Å². The fourth-order valence-corrected chi connectivity index (χ4v) is 8.86. The number of ether oxygens (including phenoxy) is 3. The van der Waals surface area contributed by atoms with Gasteiger partial charge in [0.15, 0.2) is 11.5 Å². The highest BCUT2D eigenvalue weighted by atomic mass is 16.7. The predicted octanol–water partition coefficient (Wildman–Crippen LogP) is 9.91. The lowest BCUT2D eigenvalue weighted by molar-refractivity contribution is -0.0712. The largest absolute Gasteiger partial charge is 0.448 e. The molecule has 0 unspecified atom stereocenters. The smallest absolute Gasteiger partial charge is 0.410 e. The normalized spacial score (nSPS) is 22.3. The quantitative estimate of drug-likeness (QED) is 0.284. The van der Waals surface area contributed by atoms with Crippen LogP contribution in [0.3, 0.4) is 0 Å². The number of likely N-dealkylation sites (tertiary alicyclic amines) is 1. The molecule has 4 aliphatic heterocycles. The van der Waals surface area contributed by atoms with Crippen LogP contribution in [-0.2, 0) is 17.6 Å². The summed E-state index contributed by atoms with van der Waals surface area (Å²) < 4.78 is 19.4. The molecule has 248 valence electrons. The Morgan fingerprint density at radius 2 is 1.35 bits per heavy atom. The molecule has 6 aliphatic rings. The second-order valence-corrected chi connectivity index (χ2v) is 15.7. The third-order valence-electron chi connectivity index (χ3n) is 11.2. The van der Waals surface area contributed by atoms with E-state index in [9.17, 15) is 4.79 Å². The Labute approximate surface area is 283 Å². The Morgan fingerprint density at radius 3 is 1.96 bits per heavy atom. The maximum Gasteiger partial charge on any atom is 0.410 e. The number of carbonyl (C=O) groups excluding carboxylic acids is 1. The topological polar surface area (TPSA) is 72.7 Å². The number of nitrogens with zero attached hydrogens (tertiary/aromatic N) is 3. The first-order valence-corrected chi connectivity index (χ1v) is 18.2. The van der Waals surface area contributed by atoms with Crippen LogP contribution in [0.2, 0.25) is 0 Å². The van der Waals surface area contributed by atoms with E-state index >= 15 is 0 Å². The summed E-state index contributed by atoms with van der Waals surface area (Å²) in [6.45, 7) is 6.46. The molecule has 48 heavy (non-hydrogen) atoms. The molecule has 1 saturated heterocycles. The maximum absolute atomic E-state index is 13.0. The Hall–Kier alpha value is -4.13. The van der Waals surface area contributed by atoms with Gasteiger partial charge in [-0.3, -0.25) is 14.9 Å². The molecule has 4 heterocycles. The lowest BCUT2D eigenvalue weighted by Gasteiger charge is -2.28. The monoisotopic (exact) mass is 643 g/mol. The number of hydrogen-bond donors (Lipinski definition) is 0. The van der Waals surface area contributed by atoms with Crippen LogP contribution >= 0.6 is 0 Å². The number of aliphatic imine (C=N–C) groups is 2. The van der Waals surface area contributed by atoms with Gasteiger partial charge >= 0.3 is 6.09 Å². The van der Waals surface area contributed by atoms with Crippen molar-refractivity contribution >= 4 is 28.9 Å². The summed E-state index contributed by atoms with van der Waals surface area (Å²) in [6, 6.07) is 17.7. The van der Waals surface area contributed by atoms with Crippen LogP contribution in [0.25, 0.3) is 22.3 Å². The molecule has 2 aliphatic carbocycles. The summed E-state index contributed by atoms with van der Waals surface area (Å²) in [5, 5.41) is 0. The summed E-state index contributed by atoms with van der Waals surface area (Å²) in [7, 11) is 0. The molecular weight excluding hydrogens is 598 g/mol. The Bertz CT molecular complexity index is 1870. The number of carbonyl (C=O) groups is 1. The fraction of sp³-hybridized carbons (Fsp3) is 0.488. The number of fused-ring (bicyclic) bond motifs is 3. The van der Waals surface area contributed by atoms with Crippen molar-refractivity contribution in [3.05, 3.63) is 59.7 Å². The molecule has 1 spiro atoms. The minimum atomic E-state index is -0.580. The maximum atomic E-state index is 13.0. The van der Waals surface area contributed by atoms with Gasteiger partial charge in [-0.2, -0.15) is 0 Å². The molecule has 7 heteroatoms. The highest BCUT2D eigenvalue weighted by Gasteiger charge is 2.46. The van der Waals surface area contributed by atoms with Crippen molar-refractivity contribution in [1.82, 2.24) is 4.90 Å². The van der Waals surface area contributed by atoms with Crippen molar-refractivity contribution in [2.24, 2.45) is 15.9 Å². The zero-order valence-corrected chi connectivity index (χ0v) is 28.4. The standard InChI is InChI=1S/C41H45N3O4/c1-40(2,3)48-39(45)44-20-8-11-36(44)35-24-29-22-27(13-17-33(29)43-35)31-15-14-30(37-38(31)47-41(46-37)18-6-7-19-41)26-12-16-32-28(21-26)23-34(42-32)25-9-4-5-10-25/h12-17,21-22,25,36H,4-11,18-20,23-24H2,1-3H3/t36-/m0/s1. The predicted molar refractivity (Wildman–Crippen MR) is 189 cm³/mol. The molecule has 0 radical (unpaired) electrons. The van der Waals surface area contributed by atoms with E-state index in [4.69, 9.17) is 24.2 Å². The molecule has 7 nitrogen and oxygen atoms in total. The first-order valence-electron chi connectivity index (χ1n) is 18.2. The molecule has 3 fully saturated rings. The average Bonchev–Trinajstić information content (AvgIpc) is 3.89. The number of benzene rings is 3. The zero-order valence-electron chi connectivity index (χ0n) is 28.4. The molecule has 3 aromatic carbocycles. The van der Waals surface area contributed by atoms with Gasteiger partial charge in [-0.05, 0) is 124 Å². The molecule has 3 aromatic rings. The summed E-state index contributed by atoms with van der Waals surface area (Å²) in [6.07, 6.45) is 12.6. The number of hydrogen-bond acceptors (Lipinski definition) is 6. The summed E-state index contributed by atoms with van der Waals surface area (Å²) in [5.41, 5.74) is 10.9. The van der Waals surface area contributed by atoms with Crippen LogP contribution in [0, 0.1) is 5.92 Å². The molecule has 1 atom stereocenters. The van der Waals surface area contributed by atoms with Crippen molar-refractivity contribution in [2.45, 2.75) is 115 Å². The van der Waals surface area contributed by atoms with Crippen molar-refractivity contribution in [2.75, 3.05) is 6.54 Å². The second-order valence-electron chi connectivity index (χ2n) is 15.7. The van der Waals surface area contributed by atoms with Crippen LogP contribution in [0.4, 0.5) is 16.2 Å². The van der Waals surface area contributed by atoms with E-state index in [0.29, 0.717) is 12.5 Å². The van der Waals surface area contributed by atoms with Gasteiger partial charge in [0.2, 0.25) is 0 Å². The average molecular weight is 644 g/mol. The highest BCUT2D eigenvalue weighted by molar-refractivity contribution is 6.00. The lowest BCUT2D eigenvalue weighted by atomic mass is 9.93. The van der Waals surface area contributed by atoms with Gasteiger partial charge in [0.1, 0.15) is 5.60 Å². The van der Waals surface area contributed by atoms with E-state index in [0.717, 1.165) is 102 Å². The molecular formula is C41H45N3O4. The zero-order chi connectivity index (χ0) is 32.6. The van der Waals surface area contributed by atoms with Gasteiger partial charge in [0, 0.05) is 54.8 Å². The van der Waals surface area contributed by atoms with E-state index < -0.39 is 11.4 Å². The van der Waals surface area contributed by atoms with Crippen LogP contribution in [0.1, 0.15) is 96.1 Å². The Morgan fingerprint density at radius 1 is 0.771 bits per heavy atom. The van der Waals surface area contributed by atoms with Gasteiger partial charge in [-0.15, -0.1) is 0 Å². The van der Waals surface area contributed by atoms with E-state index in [1.807, 2.05) is 25.7 Å². The minimum absolute atomic E-state index is 0.0230. The van der Waals surface area contributed by atoms with E-state index in [1.165, 1.54) is 42.5 Å². The third kappa shape index (κ3) is 5.21. The molecule has 0 bridgehead atoms. The van der Waals surface area contributed by atoms with Crippen molar-refractivity contribution in [1.29, 1.82) is 0 Å². The van der Waals surface area contributed by atoms with Crippen LogP contribution in [-0.4, -0.2) is 46.4 Å². The Kier molecular flexibility index (Phi) is 7.00. The van der Waals surface area contributed by atoms with Gasteiger partial charge in [0.25, 0.3) is 5.79 Å². The molecule has 0 aromatic heterocycles. The summed E-state index contributed by atoms with van der Waals surface area (Å²) >= 11 is 0. The number of amides is 1. The van der Waals surface area contributed by atoms with Crippen molar-refractivity contribution < 1.29 is 19.0 Å².